The Morgan fingerprint density at radius 1 is 1.67 bits per heavy atom. The van der Waals surface area contributed by atoms with Crippen LogP contribution in [0.3, 0.4) is 0 Å². The molecule has 0 fully saturated rings. The SMILES string of the molecule is CC=CONc1nc(C)c(Cl)s1. The minimum absolute atomic E-state index is 0.663. The first kappa shape index (κ1) is 9.35. The maximum Gasteiger partial charge on any atom is 0.217 e. The molecule has 0 aliphatic carbocycles. The van der Waals surface area contributed by atoms with E-state index in [2.05, 4.69) is 10.5 Å². The van der Waals surface area contributed by atoms with Gasteiger partial charge in [0, 0.05) is 0 Å². The van der Waals surface area contributed by atoms with Crippen LogP contribution in [0.4, 0.5) is 5.13 Å². The van der Waals surface area contributed by atoms with E-state index in [4.69, 9.17) is 16.4 Å². The van der Waals surface area contributed by atoms with Crippen molar-refractivity contribution in [3.63, 3.8) is 0 Å². The van der Waals surface area contributed by atoms with Gasteiger partial charge < -0.3 is 4.84 Å². The van der Waals surface area contributed by atoms with E-state index in [9.17, 15) is 0 Å². The van der Waals surface area contributed by atoms with E-state index in [0.29, 0.717) is 9.47 Å². The van der Waals surface area contributed by atoms with Gasteiger partial charge in [0.05, 0.1) is 5.69 Å². The summed E-state index contributed by atoms with van der Waals surface area (Å²) < 4.78 is 0.682. The molecule has 0 radical (unpaired) electrons. The van der Waals surface area contributed by atoms with Crippen molar-refractivity contribution in [2.24, 2.45) is 0 Å². The molecular formula is C7H9ClN2OS. The molecule has 12 heavy (non-hydrogen) atoms. The lowest BCUT2D eigenvalue weighted by atomic mass is 10.6. The molecule has 1 N–H and O–H groups in total. The third-order valence-corrected chi connectivity index (χ3v) is 2.44. The highest BCUT2D eigenvalue weighted by molar-refractivity contribution is 7.19. The summed E-state index contributed by atoms with van der Waals surface area (Å²) in [5.41, 5.74) is 3.46. The van der Waals surface area contributed by atoms with E-state index in [1.165, 1.54) is 17.6 Å². The minimum atomic E-state index is 0.663. The van der Waals surface area contributed by atoms with Crippen LogP contribution in [-0.2, 0) is 4.84 Å². The molecule has 1 aromatic heterocycles. The number of halogens is 1. The van der Waals surface area contributed by atoms with E-state index < -0.39 is 0 Å². The summed E-state index contributed by atoms with van der Waals surface area (Å²) in [6.45, 7) is 3.71. The topological polar surface area (TPSA) is 34.1 Å². The molecule has 0 aliphatic rings. The summed E-state index contributed by atoms with van der Waals surface area (Å²) in [5.74, 6) is 0. The predicted octanol–water partition coefficient (Wildman–Crippen LogP) is 2.98. The lowest BCUT2D eigenvalue weighted by Gasteiger charge is -1.96. The van der Waals surface area contributed by atoms with Crippen LogP contribution in [0.1, 0.15) is 12.6 Å². The first-order chi connectivity index (χ1) is 5.74. The average Bonchev–Trinajstić information content (AvgIpc) is 2.32. The standard InChI is InChI=1S/C7H9ClN2OS/c1-3-4-11-10-7-9-5(2)6(8)12-7/h3-4H,1-2H3,(H,9,10). The quantitative estimate of drug-likeness (QED) is 0.607. The number of aromatic nitrogens is 1. The van der Waals surface area contributed by atoms with Crippen LogP contribution in [0.25, 0.3) is 0 Å². The average molecular weight is 205 g/mol. The van der Waals surface area contributed by atoms with Crippen LogP contribution >= 0.6 is 22.9 Å². The van der Waals surface area contributed by atoms with Gasteiger partial charge in [-0.05, 0) is 19.9 Å². The van der Waals surface area contributed by atoms with Crippen molar-refractivity contribution in [1.82, 2.24) is 4.98 Å². The lowest BCUT2D eigenvalue weighted by molar-refractivity contribution is 0.329. The molecule has 0 aliphatic heterocycles. The van der Waals surface area contributed by atoms with Crippen molar-refractivity contribution < 1.29 is 4.84 Å². The highest BCUT2D eigenvalue weighted by Crippen LogP contribution is 2.26. The minimum Gasteiger partial charge on any atom is -0.388 e. The second kappa shape index (κ2) is 4.33. The number of thiazole rings is 1. The first-order valence-electron chi connectivity index (χ1n) is 3.39. The molecule has 0 saturated carbocycles. The van der Waals surface area contributed by atoms with Crippen LogP contribution < -0.4 is 5.48 Å². The zero-order chi connectivity index (χ0) is 8.97. The molecule has 0 saturated heterocycles. The predicted molar refractivity (Wildman–Crippen MR) is 51.4 cm³/mol. The number of anilines is 1. The third-order valence-electron chi connectivity index (χ3n) is 1.09. The fraction of sp³-hybridized carbons (Fsp3) is 0.286. The number of hydrogen-bond acceptors (Lipinski definition) is 4. The summed E-state index contributed by atoms with van der Waals surface area (Å²) >= 11 is 7.13. The largest absolute Gasteiger partial charge is 0.388 e. The highest BCUT2D eigenvalue weighted by Gasteiger charge is 2.03. The number of nitrogens with one attached hydrogen (secondary N) is 1. The summed E-state index contributed by atoms with van der Waals surface area (Å²) in [6, 6.07) is 0. The van der Waals surface area contributed by atoms with Crippen LogP contribution in [0.5, 0.6) is 0 Å². The fourth-order valence-corrected chi connectivity index (χ4v) is 1.47. The Kier molecular flexibility index (Phi) is 3.37. The van der Waals surface area contributed by atoms with Crippen molar-refractivity contribution in [2.75, 3.05) is 5.48 Å². The number of nitrogens with zero attached hydrogens (tertiary/aromatic N) is 1. The van der Waals surface area contributed by atoms with E-state index in [1.54, 1.807) is 6.08 Å². The zero-order valence-electron chi connectivity index (χ0n) is 6.80. The molecule has 0 bridgehead atoms. The molecule has 0 unspecified atom stereocenters. The molecule has 0 spiro atoms. The molecular weight excluding hydrogens is 196 g/mol. The highest BCUT2D eigenvalue weighted by atomic mass is 35.5. The van der Waals surface area contributed by atoms with Crippen molar-refractivity contribution >= 4 is 28.1 Å². The monoisotopic (exact) mass is 204 g/mol. The fourth-order valence-electron chi connectivity index (χ4n) is 0.574. The van der Waals surface area contributed by atoms with Gasteiger partial charge in [0.25, 0.3) is 0 Å². The molecule has 66 valence electrons. The van der Waals surface area contributed by atoms with Gasteiger partial charge in [0.15, 0.2) is 0 Å². The van der Waals surface area contributed by atoms with E-state index >= 15 is 0 Å². The van der Waals surface area contributed by atoms with Crippen molar-refractivity contribution in [3.8, 4) is 0 Å². The lowest BCUT2D eigenvalue weighted by Crippen LogP contribution is -1.93. The van der Waals surface area contributed by atoms with Gasteiger partial charge >= 0.3 is 0 Å². The molecule has 5 heteroatoms. The Labute approximate surface area is 80.0 Å². The number of hydrogen-bond donors (Lipinski definition) is 1. The Hall–Kier alpha value is -0.740. The van der Waals surface area contributed by atoms with Gasteiger partial charge in [-0.15, -0.1) is 0 Å². The van der Waals surface area contributed by atoms with Crippen molar-refractivity contribution in [2.45, 2.75) is 13.8 Å². The molecule has 1 heterocycles. The summed E-state index contributed by atoms with van der Waals surface area (Å²) in [6.07, 6.45) is 3.31. The van der Waals surface area contributed by atoms with Crippen LogP contribution in [0.15, 0.2) is 12.3 Å². The second-order valence-corrected chi connectivity index (χ2v) is 3.67. The molecule has 0 aromatic carbocycles. The van der Waals surface area contributed by atoms with Gasteiger partial charge in [-0.2, -0.15) is 5.48 Å². The number of aryl methyl sites for hydroxylation is 1. The van der Waals surface area contributed by atoms with Gasteiger partial charge in [0.2, 0.25) is 5.13 Å². The Morgan fingerprint density at radius 3 is 2.92 bits per heavy atom. The van der Waals surface area contributed by atoms with E-state index in [-0.39, 0.29) is 0 Å². The summed E-state index contributed by atoms with van der Waals surface area (Å²) in [5, 5.41) is 0.663. The third kappa shape index (κ3) is 2.39. The first-order valence-corrected chi connectivity index (χ1v) is 4.59. The van der Waals surface area contributed by atoms with Crippen LogP contribution in [-0.4, -0.2) is 4.98 Å². The van der Waals surface area contributed by atoms with Gasteiger partial charge in [0.1, 0.15) is 10.6 Å². The Bertz CT molecular complexity index is 265. The van der Waals surface area contributed by atoms with E-state index in [0.717, 1.165) is 5.69 Å². The van der Waals surface area contributed by atoms with Gasteiger partial charge in [-0.25, -0.2) is 4.98 Å². The summed E-state index contributed by atoms with van der Waals surface area (Å²) in [4.78, 5) is 8.99. The number of rotatable bonds is 3. The summed E-state index contributed by atoms with van der Waals surface area (Å²) in [7, 11) is 0. The molecule has 3 nitrogen and oxygen atoms in total. The molecule has 1 aromatic rings. The van der Waals surface area contributed by atoms with Gasteiger partial charge in [-0.3, -0.25) is 0 Å². The maximum atomic E-state index is 5.78. The zero-order valence-corrected chi connectivity index (χ0v) is 8.37. The van der Waals surface area contributed by atoms with Crippen molar-refractivity contribution in [3.05, 3.63) is 22.4 Å². The Balaban J connectivity index is 2.52. The normalized spacial score (nSPS) is 10.6. The molecule has 0 amide bonds. The maximum absolute atomic E-state index is 5.78. The smallest absolute Gasteiger partial charge is 0.217 e. The van der Waals surface area contributed by atoms with Gasteiger partial charge in [-0.1, -0.05) is 22.9 Å². The second-order valence-electron chi connectivity index (χ2n) is 2.07. The van der Waals surface area contributed by atoms with E-state index in [1.807, 2.05) is 13.8 Å². The Morgan fingerprint density at radius 2 is 2.42 bits per heavy atom. The molecule has 1 rings (SSSR count). The van der Waals surface area contributed by atoms with Crippen molar-refractivity contribution in [1.29, 1.82) is 0 Å². The molecule has 0 atom stereocenters. The number of allylic oxidation sites excluding steroid dienone is 1. The van der Waals surface area contributed by atoms with Crippen LogP contribution in [0, 0.1) is 6.92 Å². The van der Waals surface area contributed by atoms with Crippen LogP contribution in [0.2, 0.25) is 4.34 Å².